The molecule has 4 rings (SSSR count). The molecule has 2 aromatic carbocycles. The van der Waals surface area contributed by atoms with Crippen molar-refractivity contribution >= 4 is 5.65 Å². The van der Waals surface area contributed by atoms with Gasteiger partial charge in [0.2, 0.25) is 0 Å². The number of fused-ring (bicyclic) bond motifs is 1. The van der Waals surface area contributed by atoms with Crippen molar-refractivity contribution in [1.29, 1.82) is 0 Å². The zero-order valence-corrected chi connectivity index (χ0v) is 14.1. The molecule has 1 N–H and O–H groups in total. The molecule has 0 aliphatic rings. The van der Waals surface area contributed by atoms with E-state index in [-0.39, 0.29) is 5.82 Å². The predicted molar refractivity (Wildman–Crippen MR) is 98.0 cm³/mol. The maximum absolute atomic E-state index is 13.2. The van der Waals surface area contributed by atoms with E-state index in [9.17, 15) is 4.39 Å². The maximum atomic E-state index is 13.2. The van der Waals surface area contributed by atoms with Crippen molar-refractivity contribution < 1.29 is 4.39 Å². The van der Waals surface area contributed by atoms with Crippen LogP contribution in [0.4, 0.5) is 4.39 Å². The van der Waals surface area contributed by atoms with Gasteiger partial charge >= 0.3 is 0 Å². The van der Waals surface area contributed by atoms with Crippen molar-refractivity contribution in [3.8, 4) is 11.1 Å². The van der Waals surface area contributed by atoms with Crippen LogP contribution in [-0.4, -0.2) is 26.6 Å². The highest BCUT2D eigenvalue weighted by Crippen LogP contribution is 2.21. The zero-order valence-electron chi connectivity index (χ0n) is 14.1. The van der Waals surface area contributed by atoms with Crippen LogP contribution in [0.5, 0.6) is 0 Å². The molecule has 0 saturated carbocycles. The molecule has 6 heteroatoms. The molecule has 2 heterocycles. The lowest BCUT2D eigenvalue weighted by Crippen LogP contribution is -2.17. The summed E-state index contributed by atoms with van der Waals surface area (Å²) in [5, 5.41) is 15.3. The Labute approximate surface area is 150 Å². The summed E-state index contributed by atoms with van der Waals surface area (Å²) >= 11 is 0. The van der Waals surface area contributed by atoms with E-state index < -0.39 is 0 Å². The fourth-order valence-corrected chi connectivity index (χ4v) is 2.98. The molecule has 0 fully saturated rings. The van der Waals surface area contributed by atoms with E-state index in [2.05, 4.69) is 39.0 Å². The smallest absolute Gasteiger partial charge is 0.183 e. The van der Waals surface area contributed by atoms with Gasteiger partial charge in [-0.1, -0.05) is 42.5 Å². The maximum Gasteiger partial charge on any atom is 0.183 e. The normalized spacial score (nSPS) is 11.1. The molecule has 4 aromatic rings. The number of hydrogen-bond donors (Lipinski definition) is 1. The number of aromatic nitrogens is 4. The Morgan fingerprint density at radius 2 is 1.85 bits per heavy atom. The molecular formula is C20H18FN5. The topological polar surface area (TPSA) is 55.1 Å². The molecule has 0 spiro atoms. The van der Waals surface area contributed by atoms with Gasteiger partial charge in [-0.15, -0.1) is 5.10 Å². The summed E-state index contributed by atoms with van der Waals surface area (Å²) < 4.78 is 14.9. The van der Waals surface area contributed by atoms with E-state index in [0.29, 0.717) is 6.54 Å². The Morgan fingerprint density at radius 3 is 2.69 bits per heavy atom. The number of benzene rings is 2. The van der Waals surface area contributed by atoms with Crippen LogP contribution >= 0.6 is 0 Å². The number of pyridine rings is 1. The van der Waals surface area contributed by atoms with E-state index >= 15 is 0 Å². The third-order valence-electron chi connectivity index (χ3n) is 4.27. The molecule has 0 unspecified atom stereocenters. The van der Waals surface area contributed by atoms with E-state index in [4.69, 9.17) is 0 Å². The highest BCUT2D eigenvalue weighted by atomic mass is 19.1. The third-order valence-corrected chi connectivity index (χ3v) is 4.27. The van der Waals surface area contributed by atoms with Gasteiger partial charge in [0.15, 0.2) is 5.65 Å². The Hall–Kier alpha value is -3.12. The van der Waals surface area contributed by atoms with Crippen LogP contribution in [0, 0.1) is 5.82 Å². The molecule has 0 saturated heterocycles. The largest absolute Gasteiger partial charge is 0.312 e. The molecule has 0 aliphatic heterocycles. The molecule has 0 bridgehead atoms. The lowest BCUT2D eigenvalue weighted by Gasteiger charge is -2.09. The van der Waals surface area contributed by atoms with Crippen LogP contribution in [0.2, 0.25) is 0 Å². The first-order chi connectivity index (χ1) is 12.8. The zero-order chi connectivity index (χ0) is 17.8. The molecule has 2 aromatic heterocycles. The molecule has 0 radical (unpaired) electrons. The van der Waals surface area contributed by atoms with Gasteiger partial charge in [0.25, 0.3) is 0 Å². The van der Waals surface area contributed by atoms with Gasteiger partial charge in [-0.2, -0.15) is 4.52 Å². The number of nitrogens with one attached hydrogen (secondary N) is 1. The van der Waals surface area contributed by atoms with E-state index in [0.717, 1.165) is 40.9 Å². The average Bonchev–Trinajstić information content (AvgIpc) is 3.15. The fourth-order valence-electron chi connectivity index (χ4n) is 2.98. The number of tetrazole rings is 1. The van der Waals surface area contributed by atoms with Gasteiger partial charge in [0, 0.05) is 23.9 Å². The summed E-state index contributed by atoms with van der Waals surface area (Å²) in [5.74, 6) is -0.200. The first-order valence-electron chi connectivity index (χ1n) is 8.51. The summed E-state index contributed by atoms with van der Waals surface area (Å²) in [7, 11) is 0. The van der Waals surface area contributed by atoms with Crippen molar-refractivity contribution in [3.05, 3.63) is 83.8 Å². The van der Waals surface area contributed by atoms with E-state index in [1.165, 1.54) is 6.07 Å². The highest BCUT2D eigenvalue weighted by Gasteiger charge is 2.09. The van der Waals surface area contributed by atoms with E-state index in [1.807, 2.05) is 30.5 Å². The standard InChI is InChI=1S/C20H18FN5/c21-19-8-4-5-15(11-19)9-10-22-13-17-12-18(16-6-2-1-3-7-16)14-26-20(17)23-24-25-26/h1-8,11-12,14,22H,9-10,13H2. The van der Waals surface area contributed by atoms with Gasteiger partial charge in [-0.25, -0.2) is 4.39 Å². The molecular weight excluding hydrogens is 329 g/mol. The van der Waals surface area contributed by atoms with Crippen molar-refractivity contribution in [3.63, 3.8) is 0 Å². The molecule has 130 valence electrons. The summed E-state index contributed by atoms with van der Waals surface area (Å²) in [5.41, 5.74) is 4.92. The summed E-state index contributed by atoms with van der Waals surface area (Å²) in [6.07, 6.45) is 2.69. The number of nitrogens with zero attached hydrogens (tertiary/aromatic N) is 4. The average molecular weight is 347 g/mol. The number of halogens is 1. The van der Waals surface area contributed by atoms with Crippen LogP contribution in [0.1, 0.15) is 11.1 Å². The minimum Gasteiger partial charge on any atom is -0.312 e. The van der Waals surface area contributed by atoms with Crippen LogP contribution in [-0.2, 0) is 13.0 Å². The first-order valence-corrected chi connectivity index (χ1v) is 8.51. The molecule has 0 atom stereocenters. The molecule has 0 aliphatic carbocycles. The van der Waals surface area contributed by atoms with Crippen LogP contribution in [0.25, 0.3) is 16.8 Å². The molecule has 0 amide bonds. The Morgan fingerprint density at radius 1 is 0.962 bits per heavy atom. The SMILES string of the molecule is Fc1cccc(CCNCc2cc(-c3ccccc3)cn3nnnc23)c1. The fraction of sp³-hybridized carbons (Fsp3) is 0.150. The molecule has 26 heavy (non-hydrogen) atoms. The van der Waals surface area contributed by atoms with Gasteiger partial charge in [0.1, 0.15) is 5.82 Å². The minimum atomic E-state index is -0.200. The number of hydrogen-bond acceptors (Lipinski definition) is 4. The Bertz CT molecular complexity index is 1010. The van der Waals surface area contributed by atoms with E-state index in [1.54, 1.807) is 16.6 Å². The first kappa shape index (κ1) is 16.4. The summed E-state index contributed by atoms with van der Waals surface area (Å²) in [6, 6.07) is 18.9. The van der Waals surface area contributed by atoms with Gasteiger partial charge < -0.3 is 5.32 Å². The second-order valence-electron chi connectivity index (χ2n) is 6.12. The quantitative estimate of drug-likeness (QED) is 0.544. The van der Waals surface area contributed by atoms with Gasteiger partial charge in [0.05, 0.1) is 0 Å². The van der Waals surface area contributed by atoms with Crippen LogP contribution in [0.15, 0.2) is 66.9 Å². The monoisotopic (exact) mass is 347 g/mol. The second-order valence-corrected chi connectivity index (χ2v) is 6.12. The third kappa shape index (κ3) is 3.60. The van der Waals surface area contributed by atoms with Crippen molar-refractivity contribution in [2.75, 3.05) is 6.54 Å². The minimum absolute atomic E-state index is 0.200. The van der Waals surface area contributed by atoms with Gasteiger partial charge in [-0.05, 0) is 52.7 Å². The Balaban J connectivity index is 1.49. The molecule has 5 nitrogen and oxygen atoms in total. The Kier molecular flexibility index (Phi) is 4.66. The second kappa shape index (κ2) is 7.41. The van der Waals surface area contributed by atoms with Crippen LogP contribution < -0.4 is 5.32 Å². The van der Waals surface area contributed by atoms with Crippen LogP contribution in [0.3, 0.4) is 0 Å². The number of rotatable bonds is 6. The van der Waals surface area contributed by atoms with Gasteiger partial charge in [-0.3, -0.25) is 0 Å². The summed E-state index contributed by atoms with van der Waals surface area (Å²) in [6.45, 7) is 1.38. The predicted octanol–water partition coefficient (Wildman–Crippen LogP) is 3.26. The highest BCUT2D eigenvalue weighted by molar-refractivity contribution is 5.66. The van der Waals surface area contributed by atoms with Crippen molar-refractivity contribution in [2.45, 2.75) is 13.0 Å². The summed E-state index contributed by atoms with van der Waals surface area (Å²) in [4.78, 5) is 0. The lowest BCUT2D eigenvalue weighted by atomic mass is 10.1. The van der Waals surface area contributed by atoms with Crippen molar-refractivity contribution in [1.82, 2.24) is 25.4 Å². The van der Waals surface area contributed by atoms with Crippen molar-refractivity contribution in [2.24, 2.45) is 0 Å². The lowest BCUT2D eigenvalue weighted by molar-refractivity contribution is 0.622.